The van der Waals surface area contributed by atoms with Gasteiger partial charge in [0.25, 0.3) is 0 Å². The van der Waals surface area contributed by atoms with Crippen LogP contribution < -0.4 is 10.0 Å². The molecule has 0 spiro atoms. The van der Waals surface area contributed by atoms with E-state index in [9.17, 15) is 13.2 Å². The van der Waals surface area contributed by atoms with E-state index in [1.165, 1.54) is 12.1 Å². The molecule has 9 heteroatoms. The first kappa shape index (κ1) is 23.0. The van der Waals surface area contributed by atoms with E-state index in [4.69, 9.17) is 11.6 Å². The number of nitrogens with zero attached hydrogens (tertiary/aromatic N) is 2. The molecule has 0 fully saturated rings. The lowest BCUT2D eigenvalue weighted by Gasteiger charge is -2.22. The molecule has 0 saturated heterocycles. The summed E-state index contributed by atoms with van der Waals surface area (Å²) in [7, 11) is -3.90. The van der Waals surface area contributed by atoms with E-state index in [0.717, 1.165) is 11.1 Å². The van der Waals surface area contributed by atoms with Crippen LogP contribution >= 0.6 is 11.6 Å². The molecule has 3 aromatic rings. The van der Waals surface area contributed by atoms with Crippen molar-refractivity contribution in [3.8, 4) is 0 Å². The number of halogens is 1. The maximum Gasteiger partial charge on any atom is 0.241 e. The lowest BCUT2D eigenvalue weighted by molar-refractivity contribution is -0.123. The van der Waals surface area contributed by atoms with E-state index in [1.807, 2.05) is 35.0 Å². The number of hydrogen-bond acceptors (Lipinski definition) is 4. The molecule has 0 aliphatic heterocycles. The summed E-state index contributed by atoms with van der Waals surface area (Å²) in [5, 5.41) is 3.18. The van der Waals surface area contributed by atoms with E-state index in [0.29, 0.717) is 11.6 Å². The minimum absolute atomic E-state index is 0.0177. The Morgan fingerprint density at radius 1 is 1.13 bits per heavy atom. The molecule has 7 nitrogen and oxygen atoms in total. The Bertz CT molecular complexity index is 1130. The van der Waals surface area contributed by atoms with Crippen LogP contribution in [-0.4, -0.2) is 29.9 Å². The second kappa shape index (κ2) is 10.1. The highest BCUT2D eigenvalue weighted by atomic mass is 35.5. The summed E-state index contributed by atoms with van der Waals surface area (Å²) < 4.78 is 30.0. The normalized spacial score (nSPS) is 12.6. The highest BCUT2D eigenvalue weighted by Crippen LogP contribution is 2.17. The van der Waals surface area contributed by atoms with Crippen LogP contribution in [0.3, 0.4) is 0 Å². The number of imidazole rings is 1. The SMILES string of the molecule is CC(C)[C@H](NS(=O)(=O)c1cccc(Cl)c1)C(=O)NCc1ccccc1Cn1ccnc1. The van der Waals surface area contributed by atoms with Gasteiger partial charge < -0.3 is 9.88 Å². The van der Waals surface area contributed by atoms with Gasteiger partial charge in [0.1, 0.15) is 6.04 Å². The van der Waals surface area contributed by atoms with Gasteiger partial charge in [0.15, 0.2) is 0 Å². The monoisotopic (exact) mass is 460 g/mol. The van der Waals surface area contributed by atoms with Crippen LogP contribution in [0.5, 0.6) is 0 Å². The highest BCUT2D eigenvalue weighted by Gasteiger charge is 2.28. The molecular weight excluding hydrogens is 436 g/mol. The third-order valence-electron chi connectivity index (χ3n) is 4.82. The van der Waals surface area contributed by atoms with Gasteiger partial charge in [-0.05, 0) is 35.2 Å². The summed E-state index contributed by atoms with van der Waals surface area (Å²) in [5.74, 6) is -0.645. The molecule has 0 unspecified atom stereocenters. The molecule has 3 rings (SSSR count). The lowest BCUT2D eigenvalue weighted by Crippen LogP contribution is -2.49. The number of carbonyl (C=O) groups excluding carboxylic acids is 1. The third kappa shape index (κ3) is 6.16. The van der Waals surface area contributed by atoms with Gasteiger partial charge in [-0.1, -0.05) is 55.8 Å². The van der Waals surface area contributed by atoms with Gasteiger partial charge in [-0.25, -0.2) is 13.4 Å². The number of benzene rings is 2. The van der Waals surface area contributed by atoms with Crippen LogP contribution in [0.4, 0.5) is 0 Å². The Morgan fingerprint density at radius 3 is 2.52 bits per heavy atom. The van der Waals surface area contributed by atoms with Crippen LogP contribution in [0.15, 0.2) is 72.1 Å². The van der Waals surface area contributed by atoms with Crippen LogP contribution in [0.25, 0.3) is 0 Å². The quantitative estimate of drug-likeness (QED) is 0.512. The second-order valence-corrected chi connectivity index (χ2v) is 9.67. The van der Waals surface area contributed by atoms with Crippen molar-refractivity contribution in [2.24, 2.45) is 5.92 Å². The number of rotatable bonds is 9. The number of aromatic nitrogens is 2. The topological polar surface area (TPSA) is 93.1 Å². The maximum absolute atomic E-state index is 12.9. The first-order valence-electron chi connectivity index (χ1n) is 9.84. The van der Waals surface area contributed by atoms with Crippen molar-refractivity contribution in [2.75, 3.05) is 0 Å². The standard InChI is InChI=1S/C22H25ClN4O3S/c1-16(2)21(26-31(29,30)20-9-5-8-19(23)12-20)22(28)25-13-17-6-3-4-7-18(17)14-27-11-10-24-15-27/h3-12,15-16,21,26H,13-14H2,1-2H3,(H,25,28)/t21-/m0/s1. The summed E-state index contributed by atoms with van der Waals surface area (Å²) in [6, 6.07) is 12.8. The number of nitrogens with one attached hydrogen (secondary N) is 2. The number of carbonyl (C=O) groups is 1. The van der Waals surface area contributed by atoms with Gasteiger partial charge in [-0.15, -0.1) is 0 Å². The summed E-state index contributed by atoms with van der Waals surface area (Å²) in [6.07, 6.45) is 5.31. The summed E-state index contributed by atoms with van der Waals surface area (Å²) in [5.41, 5.74) is 1.99. The van der Waals surface area contributed by atoms with Crippen molar-refractivity contribution >= 4 is 27.5 Å². The maximum atomic E-state index is 12.9. The Hall–Kier alpha value is -2.68. The summed E-state index contributed by atoms with van der Waals surface area (Å²) in [4.78, 5) is 16.9. The van der Waals surface area contributed by atoms with Gasteiger partial charge >= 0.3 is 0 Å². The molecule has 2 N–H and O–H groups in total. The summed E-state index contributed by atoms with van der Waals surface area (Å²) >= 11 is 5.92. The second-order valence-electron chi connectivity index (χ2n) is 7.52. The predicted molar refractivity (Wildman–Crippen MR) is 120 cm³/mol. The smallest absolute Gasteiger partial charge is 0.241 e. The largest absolute Gasteiger partial charge is 0.351 e. The minimum atomic E-state index is -3.90. The van der Waals surface area contributed by atoms with Crippen LogP contribution in [0.1, 0.15) is 25.0 Å². The van der Waals surface area contributed by atoms with Gasteiger partial charge in [0.2, 0.25) is 15.9 Å². The van der Waals surface area contributed by atoms with Gasteiger partial charge in [-0.2, -0.15) is 4.72 Å². The van der Waals surface area contributed by atoms with E-state index < -0.39 is 22.0 Å². The molecule has 0 aliphatic rings. The minimum Gasteiger partial charge on any atom is -0.351 e. The number of amides is 1. The van der Waals surface area contributed by atoms with E-state index >= 15 is 0 Å². The van der Waals surface area contributed by atoms with E-state index in [-0.39, 0.29) is 17.4 Å². The molecule has 1 amide bonds. The van der Waals surface area contributed by atoms with Crippen molar-refractivity contribution in [1.82, 2.24) is 19.6 Å². The van der Waals surface area contributed by atoms with Crippen LogP contribution in [0, 0.1) is 5.92 Å². The average Bonchev–Trinajstić information content (AvgIpc) is 3.24. The van der Waals surface area contributed by atoms with Gasteiger partial charge in [0.05, 0.1) is 11.2 Å². The van der Waals surface area contributed by atoms with Crippen LogP contribution in [-0.2, 0) is 27.9 Å². The van der Waals surface area contributed by atoms with Crippen LogP contribution in [0.2, 0.25) is 5.02 Å². The molecule has 1 aromatic heterocycles. The number of hydrogen-bond donors (Lipinski definition) is 2. The molecule has 0 bridgehead atoms. The molecule has 0 saturated carbocycles. The molecule has 0 radical (unpaired) electrons. The van der Waals surface area contributed by atoms with E-state index in [2.05, 4.69) is 15.0 Å². The number of sulfonamides is 1. The molecule has 1 atom stereocenters. The molecule has 2 aromatic carbocycles. The van der Waals surface area contributed by atoms with Crippen molar-refractivity contribution < 1.29 is 13.2 Å². The summed E-state index contributed by atoms with van der Waals surface area (Å²) in [6.45, 7) is 4.49. The zero-order chi connectivity index (χ0) is 22.4. The molecule has 1 heterocycles. The molecule has 164 valence electrons. The highest BCUT2D eigenvalue weighted by molar-refractivity contribution is 7.89. The predicted octanol–water partition coefficient (Wildman–Crippen LogP) is 3.20. The zero-order valence-electron chi connectivity index (χ0n) is 17.3. The third-order valence-corrected chi connectivity index (χ3v) is 6.50. The molecule has 31 heavy (non-hydrogen) atoms. The van der Waals surface area contributed by atoms with Gasteiger partial charge in [-0.3, -0.25) is 4.79 Å². The average molecular weight is 461 g/mol. The lowest BCUT2D eigenvalue weighted by atomic mass is 10.0. The van der Waals surface area contributed by atoms with Crippen molar-refractivity contribution in [3.63, 3.8) is 0 Å². The first-order valence-corrected chi connectivity index (χ1v) is 11.7. The van der Waals surface area contributed by atoms with Gasteiger partial charge in [0, 0.05) is 30.5 Å². The fourth-order valence-corrected chi connectivity index (χ4v) is 4.76. The Labute approximate surface area is 187 Å². The van der Waals surface area contributed by atoms with E-state index in [1.54, 1.807) is 38.5 Å². The Balaban J connectivity index is 1.71. The molecule has 0 aliphatic carbocycles. The molecular formula is C22H25ClN4O3S. The van der Waals surface area contributed by atoms with Crippen molar-refractivity contribution in [3.05, 3.63) is 83.4 Å². The fraction of sp³-hybridized carbons (Fsp3) is 0.273. The van der Waals surface area contributed by atoms with Crippen molar-refractivity contribution in [1.29, 1.82) is 0 Å². The van der Waals surface area contributed by atoms with Crippen molar-refractivity contribution in [2.45, 2.75) is 37.9 Å². The Morgan fingerprint density at radius 2 is 1.87 bits per heavy atom. The fourth-order valence-electron chi connectivity index (χ4n) is 3.12. The Kier molecular flexibility index (Phi) is 7.48. The first-order chi connectivity index (χ1) is 14.8. The zero-order valence-corrected chi connectivity index (χ0v) is 18.9.